The number of rotatable bonds is 4. The molecule has 30 heavy (non-hydrogen) atoms. The topological polar surface area (TPSA) is 96.5 Å². The van der Waals surface area contributed by atoms with Crippen LogP contribution in [0.2, 0.25) is 0 Å². The molecule has 0 atom stereocenters. The number of ether oxygens (including phenoxy) is 2. The third-order valence-corrected chi connectivity index (χ3v) is 4.87. The lowest BCUT2D eigenvalue weighted by Crippen LogP contribution is -2.13. The minimum absolute atomic E-state index is 0.0194. The average Bonchev–Trinajstić information content (AvgIpc) is 3.31. The Morgan fingerprint density at radius 2 is 1.87 bits per heavy atom. The van der Waals surface area contributed by atoms with E-state index in [1.165, 1.54) is 12.1 Å². The average molecular weight is 401 g/mol. The van der Waals surface area contributed by atoms with Crippen molar-refractivity contribution in [1.82, 2.24) is 4.57 Å². The molecular formula is C23H19N3O4. The second-order valence-corrected chi connectivity index (χ2v) is 6.87. The number of phenols is 1. The van der Waals surface area contributed by atoms with Crippen molar-refractivity contribution in [2.45, 2.75) is 13.8 Å². The lowest BCUT2D eigenvalue weighted by atomic mass is 10.1. The van der Waals surface area contributed by atoms with Gasteiger partial charge in [0.15, 0.2) is 11.5 Å². The molecule has 150 valence electrons. The summed E-state index contributed by atoms with van der Waals surface area (Å²) in [7, 11) is 0. The van der Waals surface area contributed by atoms with Crippen molar-refractivity contribution in [2.75, 3.05) is 12.1 Å². The van der Waals surface area contributed by atoms with Crippen molar-refractivity contribution in [3.63, 3.8) is 0 Å². The molecule has 2 aromatic carbocycles. The maximum Gasteiger partial charge on any atom is 0.266 e. The number of nitriles is 1. The lowest BCUT2D eigenvalue weighted by Gasteiger charge is -2.10. The van der Waals surface area contributed by atoms with Gasteiger partial charge in [-0.1, -0.05) is 0 Å². The van der Waals surface area contributed by atoms with E-state index in [0.717, 1.165) is 22.6 Å². The van der Waals surface area contributed by atoms with E-state index in [2.05, 4.69) is 5.32 Å². The van der Waals surface area contributed by atoms with Crippen molar-refractivity contribution in [2.24, 2.45) is 0 Å². The van der Waals surface area contributed by atoms with Crippen molar-refractivity contribution >= 4 is 17.7 Å². The van der Waals surface area contributed by atoms with Gasteiger partial charge < -0.3 is 24.5 Å². The van der Waals surface area contributed by atoms with Crippen LogP contribution in [0.5, 0.6) is 17.2 Å². The van der Waals surface area contributed by atoms with Crippen molar-refractivity contribution in [3.05, 3.63) is 71.1 Å². The van der Waals surface area contributed by atoms with Gasteiger partial charge in [0.2, 0.25) is 6.79 Å². The standard InChI is InChI=1S/C23H19N3O4/c1-14-9-16(10-17(12-24)23(28)25-18-3-6-20(27)7-4-18)15(2)26(14)19-5-8-21-22(11-19)30-13-29-21/h3-11,27H,13H2,1-2H3,(H,25,28). The van der Waals surface area contributed by atoms with E-state index in [9.17, 15) is 15.2 Å². The molecular weight excluding hydrogens is 382 g/mol. The van der Waals surface area contributed by atoms with Crippen LogP contribution in [0.25, 0.3) is 11.8 Å². The summed E-state index contributed by atoms with van der Waals surface area (Å²) in [5, 5.41) is 21.5. The minimum Gasteiger partial charge on any atom is -0.508 e. The molecule has 2 heterocycles. The molecule has 7 heteroatoms. The zero-order valence-corrected chi connectivity index (χ0v) is 16.5. The first-order chi connectivity index (χ1) is 14.5. The summed E-state index contributed by atoms with van der Waals surface area (Å²) in [6, 6.07) is 15.6. The Morgan fingerprint density at radius 1 is 1.13 bits per heavy atom. The number of hydrogen-bond acceptors (Lipinski definition) is 5. The molecule has 0 saturated heterocycles. The largest absolute Gasteiger partial charge is 0.508 e. The van der Waals surface area contributed by atoms with E-state index >= 15 is 0 Å². The van der Waals surface area contributed by atoms with Gasteiger partial charge in [-0.25, -0.2) is 0 Å². The highest BCUT2D eigenvalue weighted by molar-refractivity contribution is 6.09. The number of amides is 1. The summed E-state index contributed by atoms with van der Waals surface area (Å²) in [5.74, 6) is 0.971. The Balaban J connectivity index is 1.64. The number of carbonyl (C=O) groups is 1. The van der Waals surface area contributed by atoms with E-state index in [4.69, 9.17) is 9.47 Å². The summed E-state index contributed by atoms with van der Waals surface area (Å²) in [5.41, 5.74) is 3.98. The van der Waals surface area contributed by atoms with E-state index in [0.29, 0.717) is 17.2 Å². The number of aryl methyl sites for hydroxylation is 1. The smallest absolute Gasteiger partial charge is 0.266 e. The highest BCUT2D eigenvalue weighted by Crippen LogP contribution is 2.35. The molecule has 7 nitrogen and oxygen atoms in total. The predicted octanol–water partition coefficient (Wildman–Crippen LogP) is 4.07. The van der Waals surface area contributed by atoms with E-state index < -0.39 is 5.91 Å². The molecule has 0 spiro atoms. The fourth-order valence-electron chi connectivity index (χ4n) is 3.40. The van der Waals surface area contributed by atoms with E-state index in [1.807, 2.05) is 48.7 Å². The number of aromatic hydroxyl groups is 1. The predicted molar refractivity (Wildman–Crippen MR) is 112 cm³/mol. The minimum atomic E-state index is -0.518. The highest BCUT2D eigenvalue weighted by Gasteiger charge is 2.17. The van der Waals surface area contributed by atoms with Crippen molar-refractivity contribution < 1.29 is 19.4 Å². The van der Waals surface area contributed by atoms with Gasteiger partial charge in [0, 0.05) is 28.8 Å². The van der Waals surface area contributed by atoms with Crippen LogP contribution in [0.15, 0.2) is 54.1 Å². The van der Waals surface area contributed by atoms with Crippen LogP contribution in [-0.2, 0) is 4.79 Å². The van der Waals surface area contributed by atoms with Gasteiger partial charge in [-0.05, 0) is 68.0 Å². The molecule has 1 amide bonds. The molecule has 0 aliphatic carbocycles. The summed E-state index contributed by atoms with van der Waals surface area (Å²) in [6.45, 7) is 4.09. The third kappa shape index (κ3) is 3.59. The number of nitrogens with one attached hydrogen (secondary N) is 1. The molecule has 0 radical (unpaired) electrons. The Hall–Kier alpha value is -4.18. The van der Waals surface area contributed by atoms with Crippen molar-refractivity contribution in [1.29, 1.82) is 5.26 Å². The van der Waals surface area contributed by atoms with Gasteiger partial charge >= 0.3 is 0 Å². The number of aromatic nitrogens is 1. The first-order valence-corrected chi connectivity index (χ1v) is 9.27. The third-order valence-electron chi connectivity index (χ3n) is 4.87. The van der Waals surface area contributed by atoms with Crippen LogP contribution in [0, 0.1) is 25.2 Å². The number of carbonyl (C=O) groups excluding carboxylic acids is 1. The summed E-state index contributed by atoms with van der Waals surface area (Å²) in [4.78, 5) is 12.5. The fourth-order valence-corrected chi connectivity index (χ4v) is 3.40. The summed E-state index contributed by atoms with van der Waals surface area (Å²) < 4.78 is 12.9. The van der Waals surface area contributed by atoms with Gasteiger partial charge in [0.05, 0.1) is 0 Å². The van der Waals surface area contributed by atoms with E-state index in [-0.39, 0.29) is 18.1 Å². The molecule has 1 aliphatic heterocycles. The second-order valence-electron chi connectivity index (χ2n) is 6.87. The van der Waals surface area contributed by atoms with Crippen LogP contribution >= 0.6 is 0 Å². The molecule has 3 aromatic rings. The number of fused-ring (bicyclic) bond motifs is 1. The molecule has 0 bridgehead atoms. The SMILES string of the molecule is Cc1cc(C=C(C#N)C(=O)Nc2ccc(O)cc2)c(C)n1-c1ccc2c(c1)OCO2. The molecule has 0 fully saturated rings. The number of benzene rings is 2. The normalized spacial score (nSPS) is 12.5. The molecule has 2 N–H and O–H groups in total. The molecule has 0 unspecified atom stereocenters. The van der Waals surface area contributed by atoms with Gasteiger partial charge in [-0.2, -0.15) is 5.26 Å². The maximum absolute atomic E-state index is 12.5. The van der Waals surface area contributed by atoms with Gasteiger partial charge in [-0.3, -0.25) is 4.79 Å². The summed E-state index contributed by atoms with van der Waals surface area (Å²) >= 11 is 0. The van der Waals surface area contributed by atoms with Crippen LogP contribution in [0.3, 0.4) is 0 Å². The molecule has 0 saturated carbocycles. The maximum atomic E-state index is 12.5. The fraction of sp³-hybridized carbons (Fsp3) is 0.130. The number of anilines is 1. The Kier molecular flexibility index (Phi) is 4.90. The zero-order valence-electron chi connectivity index (χ0n) is 16.5. The Labute approximate surface area is 173 Å². The molecule has 1 aliphatic rings. The van der Waals surface area contributed by atoms with Crippen LogP contribution < -0.4 is 14.8 Å². The van der Waals surface area contributed by atoms with Crippen LogP contribution in [0.4, 0.5) is 5.69 Å². The van der Waals surface area contributed by atoms with Gasteiger partial charge in [0.1, 0.15) is 17.4 Å². The van der Waals surface area contributed by atoms with Gasteiger partial charge in [-0.15, -0.1) is 0 Å². The number of hydrogen-bond donors (Lipinski definition) is 2. The van der Waals surface area contributed by atoms with E-state index in [1.54, 1.807) is 18.2 Å². The van der Waals surface area contributed by atoms with Gasteiger partial charge in [0.25, 0.3) is 5.91 Å². The Bertz CT molecular complexity index is 1200. The van der Waals surface area contributed by atoms with Crippen molar-refractivity contribution in [3.8, 4) is 29.0 Å². The van der Waals surface area contributed by atoms with Crippen LogP contribution in [-0.4, -0.2) is 22.4 Å². The summed E-state index contributed by atoms with van der Waals surface area (Å²) in [6.07, 6.45) is 1.57. The molecule has 4 rings (SSSR count). The number of nitrogens with zero attached hydrogens (tertiary/aromatic N) is 2. The van der Waals surface area contributed by atoms with Crippen LogP contribution in [0.1, 0.15) is 17.0 Å². The Morgan fingerprint density at radius 3 is 2.60 bits per heavy atom. The second kappa shape index (κ2) is 7.68. The first kappa shape index (κ1) is 19.2. The lowest BCUT2D eigenvalue weighted by molar-refractivity contribution is -0.112. The monoisotopic (exact) mass is 401 g/mol. The zero-order chi connectivity index (χ0) is 21.3. The highest BCUT2D eigenvalue weighted by atomic mass is 16.7. The first-order valence-electron chi connectivity index (χ1n) is 9.27. The number of phenolic OH excluding ortho intramolecular Hbond substituents is 1. The quantitative estimate of drug-likeness (QED) is 0.390. The molecule has 1 aromatic heterocycles.